The summed E-state index contributed by atoms with van der Waals surface area (Å²) in [6.45, 7) is 0. The zero-order valence-electron chi connectivity index (χ0n) is 11.0. The molecular weight excluding hydrogens is 232 g/mol. The minimum Gasteiger partial charge on any atom is -0.497 e. The highest BCUT2D eigenvalue weighted by Crippen LogP contribution is 2.28. The van der Waals surface area contributed by atoms with Gasteiger partial charge in [-0.05, 0) is 40.8 Å². The molecule has 0 saturated carbocycles. The fourth-order valence-corrected chi connectivity index (χ4v) is 2.41. The lowest BCUT2D eigenvalue weighted by Crippen LogP contribution is -1.93. The van der Waals surface area contributed by atoms with E-state index in [0.717, 1.165) is 12.2 Å². The number of rotatable bonds is 3. The van der Waals surface area contributed by atoms with Crippen LogP contribution < -0.4 is 4.74 Å². The van der Waals surface area contributed by atoms with Crippen LogP contribution in [0, 0.1) is 0 Å². The highest BCUT2D eigenvalue weighted by molar-refractivity contribution is 5.59. The lowest BCUT2D eigenvalue weighted by molar-refractivity contribution is 0.414. The molecule has 1 aromatic rings. The van der Waals surface area contributed by atoms with Crippen molar-refractivity contribution in [3.63, 3.8) is 0 Å². The van der Waals surface area contributed by atoms with Crippen molar-refractivity contribution in [1.29, 1.82) is 0 Å². The van der Waals surface area contributed by atoms with Crippen molar-refractivity contribution in [2.45, 2.75) is 6.42 Å². The maximum absolute atomic E-state index is 5.19. The molecule has 0 unspecified atom stereocenters. The zero-order valence-corrected chi connectivity index (χ0v) is 11.0. The van der Waals surface area contributed by atoms with Crippen molar-refractivity contribution in [3.8, 4) is 5.75 Å². The van der Waals surface area contributed by atoms with Crippen LogP contribution in [0.25, 0.3) is 0 Å². The molecule has 94 valence electrons. The molecule has 0 N–H and O–H groups in total. The van der Waals surface area contributed by atoms with Crippen LogP contribution in [0.15, 0.2) is 83.5 Å². The first-order valence-corrected chi connectivity index (χ1v) is 6.46. The molecule has 19 heavy (non-hydrogen) atoms. The summed E-state index contributed by atoms with van der Waals surface area (Å²) in [5.41, 5.74) is 5.31. The van der Waals surface area contributed by atoms with Crippen LogP contribution in [-0.4, -0.2) is 7.11 Å². The molecule has 0 radical (unpaired) electrons. The third kappa shape index (κ3) is 2.45. The molecule has 0 fully saturated rings. The Labute approximate surface area is 113 Å². The number of hydrogen-bond acceptors (Lipinski definition) is 1. The van der Waals surface area contributed by atoms with Gasteiger partial charge in [0.25, 0.3) is 0 Å². The summed E-state index contributed by atoms with van der Waals surface area (Å²) >= 11 is 0. The third-order valence-corrected chi connectivity index (χ3v) is 3.43. The first kappa shape index (κ1) is 11.8. The van der Waals surface area contributed by atoms with E-state index in [1.165, 1.54) is 22.3 Å². The Morgan fingerprint density at radius 1 is 0.895 bits per heavy atom. The van der Waals surface area contributed by atoms with E-state index in [2.05, 4.69) is 54.7 Å². The van der Waals surface area contributed by atoms with Crippen molar-refractivity contribution in [2.75, 3.05) is 7.11 Å². The summed E-state index contributed by atoms with van der Waals surface area (Å²) in [5, 5.41) is 0. The lowest BCUT2D eigenvalue weighted by atomic mass is 9.97. The van der Waals surface area contributed by atoms with Gasteiger partial charge in [0.15, 0.2) is 0 Å². The van der Waals surface area contributed by atoms with Crippen molar-refractivity contribution in [2.24, 2.45) is 0 Å². The van der Waals surface area contributed by atoms with Crippen LogP contribution in [0.3, 0.4) is 0 Å². The summed E-state index contributed by atoms with van der Waals surface area (Å²) < 4.78 is 5.19. The van der Waals surface area contributed by atoms with E-state index < -0.39 is 0 Å². The van der Waals surface area contributed by atoms with Crippen LogP contribution >= 0.6 is 0 Å². The SMILES string of the molecule is COc1ccc(CC2=CC=CC2=C2C=CC=C2)cc1. The number of allylic oxidation sites excluding steroid dienone is 10. The number of hydrogen-bond donors (Lipinski definition) is 0. The van der Waals surface area contributed by atoms with Crippen LogP contribution in [-0.2, 0) is 6.42 Å². The van der Waals surface area contributed by atoms with Gasteiger partial charge in [-0.3, -0.25) is 0 Å². The largest absolute Gasteiger partial charge is 0.497 e. The second-order valence-electron chi connectivity index (χ2n) is 4.66. The summed E-state index contributed by atoms with van der Waals surface area (Å²) in [7, 11) is 1.69. The summed E-state index contributed by atoms with van der Waals surface area (Å²) in [6, 6.07) is 8.28. The Balaban J connectivity index is 1.81. The first-order chi connectivity index (χ1) is 9.36. The first-order valence-electron chi connectivity index (χ1n) is 6.46. The molecule has 0 aromatic heterocycles. The Kier molecular flexibility index (Phi) is 3.20. The van der Waals surface area contributed by atoms with Crippen molar-refractivity contribution in [1.82, 2.24) is 0 Å². The molecule has 0 atom stereocenters. The van der Waals surface area contributed by atoms with E-state index in [1.807, 2.05) is 12.1 Å². The molecule has 2 aliphatic carbocycles. The minimum atomic E-state index is 0.905. The second-order valence-corrected chi connectivity index (χ2v) is 4.66. The average Bonchev–Trinajstić information content (AvgIpc) is 3.10. The van der Waals surface area contributed by atoms with Crippen LogP contribution in [0.4, 0.5) is 0 Å². The normalized spacial score (nSPS) is 16.4. The van der Waals surface area contributed by atoms with E-state index in [0.29, 0.717) is 0 Å². The molecule has 1 aromatic carbocycles. The topological polar surface area (TPSA) is 9.23 Å². The predicted octanol–water partition coefficient (Wildman–Crippen LogP) is 4.16. The molecule has 0 saturated heterocycles. The maximum Gasteiger partial charge on any atom is 0.118 e. The van der Waals surface area contributed by atoms with Gasteiger partial charge in [0.05, 0.1) is 7.11 Å². The van der Waals surface area contributed by atoms with Gasteiger partial charge in [-0.15, -0.1) is 0 Å². The molecule has 1 nitrogen and oxygen atoms in total. The molecule has 0 amide bonds. The molecule has 2 aliphatic rings. The van der Waals surface area contributed by atoms with E-state index in [1.54, 1.807) is 7.11 Å². The summed E-state index contributed by atoms with van der Waals surface area (Å²) in [4.78, 5) is 0. The van der Waals surface area contributed by atoms with Gasteiger partial charge < -0.3 is 4.74 Å². The average molecular weight is 248 g/mol. The second kappa shape index (κ2) is 5.15. The summed E-state index contributed by atoms with van der Waals surface area (Å²) in [5.74, 6) is 0.905. The Hall–Kier alpha value is -2.28. The molecule has 0 heterocycles. The third-order valence-electron chi connectivity index (χ3n) is 3.43. The smallest absolute Gasteiger partial charge is 0.118 e. The van der Waals surface area contributed by atoms with Gasteiger partial charge in [-0.2, -0.15) is 0 Å². The molecule has 0 spiro atoms. The van der Waals surface area contributed by atoms with Gasteiger partial charge in [0, 0.05) is 0 Å². The maximum atomic E-state index is 5.19. The van der Waals surface area contributed by atoms with Crippen molar-refractivity contribution in [3.05, 3.63) is 89.1 Å². The van der Waals surface area contributed by atoms with E-state index in [4.69, 9.17) is 4.74 Å². The molecule has 0 bridgehead atoms. The monoisotopic (exact) mass is 248 g/mol. The predicted molar refractivity (Wildman–Crippen MR) is 79.2 cm³/mol. The Bertz CT molecular complexity index is 608. The molecular formula is C18H16O. The molecule has 0 aliphatic heterocycles. The van der Waals surface area contributed by atoms with Crippen LogP contribution in [0.5, 0.6) is 5.75 Å². The number of ether oxygens (including phenoxy) is 1. The standard InChI is InChI=1S/C18H16O/c1-19-17-11-9-14(10-12-17)13-16-7-4-8-18(16)15-5-2-3-6-15/h2-12H,13H2,1H3. The van der Waals surface area contributed by atoms with Crippen molar-refractivity contribution < 1.29 is 4.74 Å². The van der Waals surface area contributed by atoms with E-state index >= 15 is 0 Å². The van der Waals surface area contributed by atoms with Gasteiger partial charge >= 0.3 is 0 Å². The van der Waals surface area contributed by atoms with Crippen LogP contribution in [0.1, 0.15) is 5.56 Å². The quantitative estimate of drug-likeness (QED) is 0.780. The summed E-state index contributed by atoms with van der Waals surface area (Å²) in [6.07, 6.45) is 16.0. The van der Waals surface area contributed by atoms with Gasteiger partial charge in [-0.1, -0.05) is 54.7 Å². The lowest BCUT2D eigenvalue weighted by Gasteiger charge is -2.08. The van der Waals surface area contributed by atoms with Gasteiger partial charge in [0.1, 0.15) is 5.75 Å². The van der Waals surface area contributed by atoms with Crippen LogP contribution in [0.2, 0.25) is 0 Å². The molecule has 3 rings (SSSR count). The fourth-order valence-electron chi connectivity index (χ4n) is 2.41. The van der Waals surface area contributed by atoms with E-state index in [-0.39, 0.29) is 0 Å². The highest BCUT2D eigenvalue weighted by atomic mass is 16.5. The van der Waals surface area contributed by atoms with Crippen molar-refractivity contribution >= 4 is 0 Å². The number of methoxy groups -OCH3 is 1. The Morgan fingerprint density at radius 3 is 2.32 bits per heavy atom. The Morgan fingerprint density at radius 2 is 1.63 bits per heavy atom. The molecule has 1 heteroatoms. The fraction of sp³-hybridized carbons (Fsp3) is 0.111. The number of benzene rings is 1. The zero-order chi connectivity index (χ0) is 13.1. The highest BCUT2D eigenvalue weighted by Gasteiger charge is 2.11. The van der Waals surface area contributed by atoms with Gasteiger partial charge in [-0.25, -0.2) is 0 Å². The van der Waals surface area contributed by atoms with E-state index in [9.17, 15) is 0 Å². The minimum absolute atomic E-state index is 0.905. The van der Waals surface area contributed by atoms with Gasteiger partial charge in [0.2, 0.25) is 0 Å².